The Bertz CT molecular complexity index is 166. The third kappa shape index (κ3) is 591. The molecule has 0 fully saturated rings. The molecule has 0 bridgehead atoms. The van der Waals surface area contributed by atoms with Crippen LogP contribution in [-0.2, 0) is 10.4 Å². The molecule has 0 spiro atoms. The van der Waals surface area contributed by atoms with Gasteiger partial charge in [0.2, 0.25) is 6.16 Å². The van der Waals surface area contributed by atoms with Crippen LogP contribution in [0.1, 0.15) is 0 Å². The minimum Gasteiger partial charge on any atom is -1.00 e. The van der Waals surface area contributed by atoms with Gasteiger partial charge in [-0.1, -0.05) is 0 Å². The van der Waals surface area contributed by atoms with Crippen molar-refractivity contribution in [3.63, 3.8) is 0 Å². The third-order valence-electron chi connectivity index (χ3n) is 0. The maximum absolute atomic E-state index is 8.52. The van der Waals surface area contributed by atoms with Crippen molar-refractivity contribution in [3.8, 4) is 0 Å². The van der Waals surface area contributed by atoms with Crippen molar-refractivity contribution in [3.05, 3.63) is 0 Å². The summed E-state index contributed by atoms with van der Waals surface area (Å²) in [7, 11) is -5.17. The Hall–Kier alpha value is 1.46. The molecule has 0 rings (SSSR count). The van der Waals surface area contributed by atoms with Crippen molar-refractivity contribution in [2.24, 2.45) is 0 Å². The first kappa shape index (κ1) is 29.2. The third-order valence-corrected chi connectivity index (χ3v) is 0. The molecule has 0 amide bonds. The fourth-order valence-electron chi connectivity index (χ4n) is 0. The Morgan fingerprint density at radius 2 is 1.25 bits per heavy atom. The van der Waals surface area contributed by atoms with Crippen LogP contribution in [0.4, 0.5) is 4.79 Å². The number of carboxylic acid groups (broad SMARTS) is 2. The molecule has 0 unspecified atom stereocenters. The molecular weight excluding hydrogens is 256 g/mol. The summed E-state index contributed by atoms with van der Waals surface area (Å²) < 4.78 is 34.1. The minimum atomic E-state index is -5.17. The van der Waals surface area contributed by atoms with Crippen LogP contribution in [0.25, 0.3) is 0 Å². The van der Waals surface area contributed by atoms with Crippen LogP contribution in [0.15, 0.2) is 0 Å². The maximum atomic E-state index is 8.52. The largest absolute Gasteiger partial charge is 2.00 e. The van der Waals surface area contributed by atoms with Crippen LogP contribution >= 0.6 is 0 Å². The number of rotatable bonds is 0. The second-order valence-electron chi connectivity index (χ2n) is 0.674. The van der Waals surface area contributed by atoms with E-state index in [9.17, 15) is 0 Å². The van der Waals surface area contributed by atoms with Gasteiger partial charge in [-0.3, -0.25) is 8.42 Å². The Labute approximate surface area is 121 Å². The molecule has 64 valence electrons. The van der Waals surface area contributed by atoms with Crippen molar-refractivity contribution in [2.45, 2.75) is 0 Å². The molecule has 0 atom stereocenters. The standard InChI is InChI=1S/CH2O3.Ca.ClH.Mg.H2O4S/c2-1(3)4;;;;1-5(2,3)4/h(H2,2,3,4);;1H;;(H2,1,2,3,4)/q;+2;;+2;/p-4. The number of hydrogen-bond acceptors (Lipinski definition) is 6. The second kappa shape index (κ2) is 15.0. The van der Waals surface area contributed by atoms with Gasteiger partial charge in [0, 0.05) is 10.4 Å². The van der Waals surface area contributed by atoms with E-state index < -0.39 is 16.6 Å². The predicted molar refractivity (Wildman–Crippen MR) is 30.0 cm³/mol. The van der Waals surface area contributed by atoms with Crippen LogP contribution in [-0.4, -0.2) is 89.6 Å². The molecule has 0 saturated carbocycles. The maximum Gasteiger partial charge on any atom is 2.00 e. The van der Waals surface area contributed by atoms with Gasteiger partial charge in [0.15, 0.2) is 0 Å². The van der Waals surface area contributed by atoms with Crippen LogP contribution in [0.3, 0.4) is 0 Å². The van der Waals surface area contributed by atoms with E-state index in [1.807, 2.05) is 0 Å². The first-order valence-electron chi connectivity index (χ1n) is 1.30. The molecule has 0 aromatic carbocycles. The number of carbonyl (C=O) groups is 1. The van der Waals surface area contributed by atoms with Gasteiger partial charge in [-0.2, -0.15) is 0 Å². The molecule has 0 aromatic heterocycles. The van der Waals surface area contributed by atoms with E-state index in [-0.39, 0.29) is 73.2 Å². The van der Waals surface area contributed by atoms with Gasteiger partial charge in [-0.15, -0.1) is 0 Å². The smallest absolute Gasteiger partial charge is 1.00 e. The van der Waals surface area contributed by atoms with Crippen molar-refractivity contribution in [2.75, 3.05) is 0 Å². The predicted octanol–water partition coefficient (Wildman–Crippen LogP) is -6.21. The Morgan fingerprint density at radius 3 is 1.25 bits per heavy atom. The van der Waals surface area contributed by atoms with Gasteiger partial charge in [0.25, 0.3) is 0 Å². The Morgan fingerprint density at radius 1 is 1.25 bits per heavy atom. The van der Waals surface area contributed by atoms with E-state index in [0.29, 0.717) is 0 Å². The van der Waals surface area contributed by atoms with Crippen LogP contribution in [0, 0.1) is 0 Å². The monoisotopic (exact) mass is 256 g/mol. The van der Waals surface area contributed by atoms with E-state index in [1.165, 1.54) is 0 Å². The molecule has 1 N–H and O–H groups in total. The van der Waals surface area contributed by atoms with E-state index in [1.54, 1.807) is 0 Å². The summed E-state index contributed by atoms with van der Waals surface area (Å²) in [5.74, 6) is 0. The number of hydrogen-bond donors (Lipinski definition) is 1. The van der Waals surface area contributed by atoms with Gasteiger partial charge in [-0.05, 0) is 0 Å². The van der Waals surface area contributed by atoms with Crippen LogP contribution in [0.2, 0.25) is 0 Å². The Balaban J connectivity index is -0.0000000221. The molecule has 0 saturated heterocycles. The van der Waals surface area contributed by atoms with Crippen LogP contribution in [0.5, 0.6) is 0 Å². The first-order valence-corrected chi connectivity index (χ1v) is 2.63. The van der Waals surface area contributed by atoms with E-state index in [2.05, 4.69) is 0 Å². The molecular formula is CHCaClMgO7S. The zero-order chi connectivity index (χ0) is 8.08. The topological polar surface area (TPSA) is 141 Å². The normalized spacial score (nSPS) is 6.83. The molecule has 0 aliphatic heterocycles. The van der Waals surface area contributed by atoms with Crippen LogP contribution < -0.4 is 17.5 Å². The summed E-state index contributed by atoms with van der Waals surface area (Å²) in [6.45, 7) is 0. The minimum absolute atomic E-state index is 0. The van der Waals surface area contributed by atoms with Gasteiger partial charge in [0.1, 0.15) is 0 Å². The van der Waals surface area contributed by atoms with Crippen molar-refractivity contribution in [1.82, 2.24) is 0 Å². The molecule has 7 nitrogen and oxygen atoms in total. The summed E-state index contributed by atoms with van der Waals surface area (Å²) in [4.78, 5) is 8.44. The second-order valence-corrected chi connectivity index (χ2v) is 1.49. The zero-order valence-electron chi connectivity index (χ0n) is 5.60. The molecule has 12 heavy (non-hydrogen) atoms. The first-order chi connectivity index (χ1) is 3.73. The van der Waals surface area contributed by atoms with Gasteiger partial charge < -0.3 is 36.5 Å². The molecule has 0 radical (unpaired) electrons. The van der Waals surface area contributed by atoms with Gasteiger partial charge >= 0.3 is 60.8 Å². The molecule has 0 heterocycles. The molecule has 0 aliphatic carbocycles. The van der Waals surface area contributed by atoms with E-state index in [0.717, 1.165) is 0 Å². The molecule has 0 aliphatic rings. The van der Waals surface area contributed by atoms with Gasteiger partial charge in [0.05, 0.1) is 0 Å². The van der Waals surface area contributed by atoms with E-state index in [4.69, 9.17) is 32.5 Å². The van der Waals surface area contributed by atoms with E-state index >= 15 is 0 Å². The Kier molecular flexibility index (Phi) is 36.4. The summed E-state index contributed by atoms with van der Waals surface area (Å²) in [5, 5.41) is 15.3. The fourth-order valence-corrected chi connectivity index (χ4v) is 0. The van der Waals surface area contributed by atoms with Crippen molar-refractivity contribution < 1.29 is 44.9 Å². The number of halogens is 1. The molecule has 0 aromatic rings. The summed E-state index contributed by atoms with van der Waals surface area (Å²) >= 11 is 0. The van der Waals surface area contributed by atoms with Crippen molar-refractivity contribution in [1.29, 1.82) is 0 Å². The average molecular weight is 257 g/mol. The fraction of sp³-hybridized carbons (Fsp3) is 0. The quantitative estimate of drug-likeness (QED) is 0.258. The van der Waals surface area contributed by atoms with Crippen molar-refractivity contribution >= 4 is 77.3 Å². The summed E-state index contributed by atoms with van der Waals surface area (Å²) in [6, 6.07) is 0. The summed E-state index contributed by atoms with van der Waals surface area (Å²) in [6.07, 6.45) is -2.08. The zero-order valence-corrected chi connectivity index (χ0v) is 10.8. The average Bonchev–Trinajstić information content (AvgIpc) is 1.19. The molecule has 11 heteroatoms. The summed E-state index contributed by atoms with van der Waals surface area (Å²) in [5.41, 5.74) is 0. The van der Waals surface area contributed by atoms with Gasteiger partial charge in [-0.25, -0.2) is 0 Å². The SMILES string of the molecule is O=C([O-])O.O=S(=O)([O-])[O-].[Ca+2].[Cl-].[Mg+2].